The van der Waals surface area contributed by atoms with Crippen LogP contribution in [0.15, 0.2) is 23.2 Å². The lowest BCUT2D eigenvalue weighted by atomic mass is 9.93. The molecule has 3 aliphatic heterocycles. The molecule has 0 spiro atoms. The van der Waals surface area contributed by atoms with Gasteiger partial charge >= 0.3 is 5.97 Å². The number of hydrazine groups is 1. The molecule has 0 bridgehead atoms. The molecule has 0 saturated carbocycles. The number of aliphatic imine (C=N–C) groups is 1. The highest BCUT2D eigenvalue weighted by Crippen LogP contribution is 2.30. The van der Waals surface area contributed by atoms with Gasteiger partial charge in [-0.1, -0.05) is 6.07 Å². The van der Waals surface area contributed by atoms with Gasteiger partial charge in [-0.05, 0) is 57.8 Å². The highest BCUT2D eigenvalue weighted by molar-refractivity contribution is 5.79. The smallest absolute Gasteiger partial charge is 0.309 e. The van der Waals surface area contributed by atoms with Crippen molar-refractivity contribution in [1.29, 1.82) is 0 Å². The fourth-order valence-corrected chi connectivity index (χ4v) is 4.77. The maximum atomic E-state index is 14.9. The summed E-state index contributed by atoms with van der Waals surface area (Å²) >= 11 is 0. The van der Waals surface area contributed by atoms with E-state index in [2.05, 4.69) is 25.6 Å². The quantitative estimate of drug-likeness (QED) is 0.497. The zero-order valence-electron chi connectivity index (χ0n) is 17.9. The van der Waals surface area contributed by atoms with E-state index in [-0.39, 0.29) is 23.7 Å². The van der Waals surface area contributed by atoms with Crippen molar-refractivity contribution in [3.8, 4) is 0 Å². The maximum absolute atomic E-state index is 14.9. The van der Waals surface area contributed by atoms with E-state index in [4.69, 9.17) is 16.2 Å². The molecule has 9 nitrogen and oxygen atoms in total. The lowest BCUT2D eigenvalue weighted by molar-refractivity contribution is -0.149. The number of anilines is 1. The number of likely N-dealkylation sites (tertiary alicyclic amines) is 1. The lowest BCUT2D eigenvalue weighted by Crippen LogP contribution is -2.50. The first-order valence-corrected chi connectivity index (χ1v) is 11.0. The van der Waals surface area contributed by atoms with E-state index in [0.29, 0.717) is 23.9 Å². The van der Waals surface area contributed by atoms with Crippen LogP contribution in [0.5, 0.6) is 0 Å². The van der Waals surface area contributed by atoms with Crippen LogP contribution in [0.1, 0.15) is 38.2 Å². The Bertz CT molecular complexity index is 835. The predicted octanol–water partition coefficient (Wildman–Crippen LogP) is 0.561. The summed E-state index contributed by atoms with van der Waals surface area (Å²) in [5.41, 5.74) is 18.3. The van der Waals surface area contributed by atoms with Gasteiger partial charge in [-0.2, -0.15) is 5.43 Å². The van der Waals surface area contributed by atoms with Gasteiger partial charge in [0, 0.05) is 24.7 Å². The van der Waals surface area contributed by atoms with E-state index in [1.165, 1.54) is 6.07 Å². The van der Waals surface area contributed by atoms with Gasteiger partial charge < -0.3 is 20.3 Å². The molecule has 0 aromatic heterocycles. The normalized spacial score (nSPS) is 25.9. The number of nitrogens with one attached hydrogen (secondary N) is 2. The Morgan fingerprint density at radius 3 is 2.55 bits per heavy atom. The number of piperidine rings is 2. The predicted molar refractivity (Wildman–Crippen MR) is 116 cm³/mol. The van der Waals surface area contributed by atoms with Gasteiger partial charge in [-0.15, -0.1) is 0 Å². The van der Waals surface area contributed by atoms with E-state index < -0.39 is 5.79 Å². The number of esters is 1. The van der Waals surface area contributed by atoms with Crippen molar-refractivity contribution >= 4 is 17.6 Å². The first kappa shape index (κ1) is 21.8. The SMILES string of the molecule is CCOC(=O)C1CCN(C2CCN(c3ccc(C4(N)N=C(N)NN4)cc3F)CC2)CC1. The van der Waals surface area contributed by atoms with Crippen molar-refractivity contribution in [2.75, 3.05) is 37.7 Å². The summed E-state index contributed by atoms with van der Waals surface area (Å²) in [4.78, 5) is 20.6. The van der Waals surface area contributed by atoms with Crippen LogP contribution in [-0.4, -0.2) is 55.7 Å². The van der Waals surface area contributed by atoms with E-state index in [1.54, 1.807) is 12.1 Å². The van der Waals surface area contributed by atoms with Gasteiger partial charge in [-0.3, -0.25) is 16.0 Å². The average molecular weight is 434 g/mol. The van der Waals surface area contributed by atoms with E-state index in [1.807, 2.05) is 6.92 Å². The Morgan fingerprint density at radius 1 is 1.26 bits per heavy atom. The summed E-state index contributed by atoms with van der Waals surface area (Å²) in [5, 5.41) is 0. The number of rotatable bonds is 5. The second-order valence-corrected chi connectivity index (χ2v) is 8.46. The van der Waals surface area contributed by atoms with Crippen LogP contribution in [0.2, 0.25) is 0 Å². The van der Waals surface area contributed by atoms with E-state index >= 15 is 0 Å². The van der Waals surface area contributed by atoms with Crippen molar-refractivity contribution in [2.24, 2.45) is 22.4 Å². The van der Waals surface area contributed by atoms with Crippen LogP contribution in [0, 0.1) is 11.7 Å². The Balaban J connectivity index is 1.32. The molecule has 1 aromatic rings. The molecule has 1 unspecified atom stereocenters. The molecule has 2 saturated heterocycles. The Labute approximate surface area is 181 Å². The molecule has 1 atom stereocenters. The molecule has 0 aliphatic carbocycles. The number of nitrogens with two attached hydrogens (primary N) is 2. The summed E-state index contributed by atoms with van der Waals surface area (Å²) in [6, 6.07) is 5.43. The van der Waals surface area contributed by atoms with Crippen LogP contribution in [-0.2, 0) is 15.3 Å². The number of nitrogens with zero attached hydrogens (tertiary/aromatic N) is 3. The Morgan fingerprint density at radius 2 is 1.97 bits per heavy atom. The van der Waals surface area contributed by atoms with Crippen molar-refractivity contribution < 1.29 is 13.9 Å². The van der Waals surface area contributed by atoms with Crippen LogP contribution in [0.3, 0.4) is 0 Å². The van der Waals surface area contributed by atoms with Crippen LogP contribution >= 0.6 is 0 Å². The first-order chi connectivity index (χ1) is 14.9. The molecule has 0 radical (unpaired) electrons. The zero-order valence-corrected chi connectivity index (χ0v) is 17.9. The second kappa shape index (κ2) is 8.97. The van der Waals surface area contributed by atoms with Crippen LogP contribution < -0.4 is 27.2 Å². The summed E-state index contributed by atoms with van der Waals surface area (Å²) in [5.74, 6) is -1.46. The fourth-order valence-electron chi connectivity index (χ4n) is 4.77. The van der Waals surface area contributed by atoms with Crippen molar-refractivity contribution in [2.45, 2.75) is 44.4 Å². The minimum atomic E-state index is -1.27. The minimum absolute atomic E-state index is 0.0268. The highest BCUT2D eigenvalue weighted by Gasteiger charge is 2.34. The Hall–Kier alpha value is -2.43. The van der Waals surface area contributed by atoms with Crippen LogP contribution in [0.4, 0.5) is 10.1 Å². The molecule has 4 rings (SSSR count). The van der Waals surface area contributed by atoms with Gasteiger partial charge in [0.2, 0.25) is 11.7 Å². The fraction of sp³-hybridized carbons (Fsp3) is 0.619. The van der Waals surface area contributed by atoms with Crippen molar-refractivity contribution in [3.63, 3.8) is 0 Å². The number of ether oxygens (including phenoxy) is 1. The summed E-state index contributed by atoms with van der Waals surface area (Å²) < 4.78 is 20.1. The molecule has 2 fully saturated rings. The van der Waals surface area contributed by atoms with Gasteiger partial charge in [0.15, 0.2) is 0 Å². The third-order valence-electron chi connectivity index (χ3n) is 6.54. The molecule has 3 aliphatic rings. The monoisotopic (exact) mass is 433 g/mol. The number of carbonyl (C=O) groups excluding carboxylic acids is 1. The molecule has 0 amide bonds. The largest absolute Gasteiger partial charge is 0.466 e. The number of guanidine groups is 1. The third-order valence-corrected chi connectivity index (χ3v) is 6.54. The van der Waals surface area contributed by atoms with Crippen molar-refractivity contribution in [3.05, 3.63) is 29.6 Å². The summed E-state index contributed by atoms with van der Waals surface area (Å²) in [6.45, 7) is 5.70. The molecular formula is C21H32FN7O2. The van der Waals surface area contributed by atoms with E-state index in [9.17, 15) is 9.18 Å². The first-order valence-electron chi connectivity index (χ1n) is 11.0. The molecule has 31 heavy (non-hydrogen) atoms. The number of halogens is 1. The summed E-state index contributed by atoms with van der Waals surface area (Å²) in [7, 11) is 0. The number of hydrogen-bond acceptors (Lipinski definition) is 9. The number of benzene rings is 1. The highest BCUT2D eigenvalue weighted by atomic mass is 19.1. The number of hydrogen-bond donors (Lipinski definition) is 4. The van der Waals surface area contributed by atoms with Gasteiger partial charge in [0.1, 0.15) is 5.82 Å². The molecule has 1 aromatic carbocycles. The van der Waals surface area contributed by atoms with Crippen molar-refractivity contribution in [1.82, 2.24) is 15.8 Å². The van der Waals surface area contributed by atoms with E-state index in [0.717, 1.165) is 51.9 Å². The summed E-state index contributed by atoms with van der Waals surface area (Å²) in [6.07, 6.45) is 3.65. The molecule has 170 valence electrons. The maximum Gasteiger partial charge on any atom is 0.309 e. The second-order valence-electron chi connectivity index (χ2n) is 8.46. The van der Waals surface area contributed by atoms with Gasteiger partial charge in [-0.25, -0.2) is 9.38 Å². The third kappa shape index (κ3) is 4.60. The molecule has 6 N–H and O–H groups in total. The molecule has 3 heterocycles. The molecular weight excluding hydrogens is 401 g/mol. The lowest BCUT2D eigenvalue weighted by Gasteiger charge is -2.42. The zero-order chi connectivity index (χ0) is 22.0. The Kier molecular flexibility index (Phi) is 6.31. The standard InChI is InChI=1S/C21H32FN7O2/c1-2-31-19(30)14-5-9-28(10-6-14)16-7-11-29(12-8-16)18-4-3-15(13-17(18)22)21(24)25-20(23)26-27-21/h3-4,13-14,16,27H,2,5-12,24H2,1H3,(H3,23,25,26). The van der Waals surface area contributed by atoms with Gasteiger partial charge in [0.05, 0.1) is 18.2 Å². The topological polar surface area (TPSA) is 121 Å². The van der Waals surface area contributed by atoms with Crippen LogP contribution in [0.25, 0.3) is 0 Å². The molecule has 10 heteroatoms. The number of carbonyl (C=O) groups is 1. The average Bonchev–Trinajstić information content (AvgIpc) is 3.14. The minimum Gasteiger partial charge on any atom is -0.466 e. The van der Waals surface area contributed by atoms with Gasteiger partial charge in [0.25, 0.3) is 0 Å².